The van der Waals surface area contributed by atoms with E-state index in [9.17, 15) is 0 Å². The van der Waals surface area contributed by atoms with Crippen LogP contribution in [0.3, 0.4) is 0 Å². The molecular formula is C29H54O5. The topological polar surface area (TPSA) is 46.2 Å². The quantitative estimate of drug-likeness (QED) is 0.421. The Kier molecular flexibility index (Phi) is 9.93. The van der Waals surface area contributed by atoms with Crippen LogP contribution in [0.4, 0.5) is 0 Å². The van der Waals surface area contributed by atoms with Gasteiger partial charge in [0.15, 0.2) is 12.6 Å². The zero-order valence-electron chi connectivity index (χ0n) is 23.8. The Morgan fingerprint density at radius 2 is 0.824 bits per heavy atom. The predicted molar refractivity (Wildman–Crippen MR) is 136 cm³/mol. The molecule has 3 saturated heterocycles. The van der Waals surface area contributed by atoms with Crippen LogP contribution in [0.15, 0.2) is 0 Å². The second kappa shape index (κ2) is 11.9. The van der Waals surface area contributed by atoms with E-state index in [0.29, 0.717) is 66.5 Å². The summed E-state index contributed by atoms with van der Waals surface area (Å²) in [6.07, 6.45) is 1.28. The van der Waals surface area contributed by atoms with Crippen LogP contribution in [-0.2, 0) is 23.7 Å². The lowest BCUT2D eigenvalue weighted by atomic mass is 9.77. The zero-order valence-corrected chi connectivity index (χ0v) is 23.8. The van der Waals surface area contributed by atoms with Crippen LogP contribution in [0.1, 0.15) is 82.6 Å². The molecule has 0 aromatic heterocycles. The first kappa shape index (κ1) is 28.4. The average molecular weight is 483 g/mol. The molecule has 0 aromatic carbocycles. The molecule has 0 radical (unpaired) electrons. The first-order valence-corrected chi connectivity index (χ1v) is 14.2. The SMILES string of the molecule is CCC1O[C@@H](OCC2O[C@@H](OCC3OC(C)C(C)[C@@H](C)[C@@H]3C)C(C)[C@@H](C)[C@@H]2C)C(C)[C@@H](C)[C@@H]1C. The summed E-state index contributed by atoms with van der Waals surface area (Å²) in [7, 11) is 0. The molecule has 0 N–H and O–H groups in total. The second-order valence-electron chi connectivity index (χ2n) is 12.3. The Hall–Kier alpha value is -0.200. The normalized spacial score (nSPS) is 52.5. The summed E-state index contributed by atoms with van der Waals surface area (Å²) in [5, 5.41) is 0. The van der Waals surface area contributed by atoms with E-state index in [2.05, 4.69) is 76.2 Å². The Morgan fingerprint density at radius 1 is 0.441 bits per heavy atom. The van der Waals surface area contributed by atoms with Crippen molar-refractivity contribution >= 4 is 0 Å². The average Bonchev–Trinajstić information content (AvgIpc) is 2.82. The predicted octanol–water partition coefficient (Wildman–Crippen LogP) is 6.39. The maximum Gasteiger partial charge on any atom is 0.160 e. The van der Waals surface area contributed by atoms with Crippen LogP contribution in [0.5, 0.6) is 0 Å². The fourth-order valence-corrected chi connectivity index (χ4v) is 6.35. The van der Waals surface area contributed by atoms with Crippen LogP contribution in [0, 0.1) is 53.3 Å². The fraction of sp³-hybridized carbons (Fsp3) is 1.00. The van der Waals surface area contributed by atoms with Gasteiger partial charge in [-0.25, -0.2) is 0 Å². The van der Waals surface area contributed by atoms with Crippen LogP contribution in [0.2, 0.25) is 0 Å². The van der Waals surface area contributed by atoms with Crippen LogP contribution >= 0.6 is 0 Å². The van der Waals surface area contributed by atoms with E-state index in [1.807, 2.05) is 0 Å². The van der Waals surface area contributed by atoms with Gasteiger partial charge >= 0.3 is 0 Å². The first-order chi connectivity index (χ1) is 16.0. The molecule has 7 unspecified atom stereocenters. The highest BCUT2D eigenvalue weighted by Crippen LogP contribution is 2.40. The third kappa shape index (κ3) is 5.85. The van der Waals surface area contributed by atoms with Crippen molar-refractivity contribution in [1.82, 2.24) is 0 Å². The molecule has 3 aliphatic rings. The molecule has 3 rings (SSSR count). The summed E-state index contributed by atoms with van der Waals surface area (Å²) in [5.41, 5.74) is 0. The molecular weight excluding hydrogens is 428 g/mol. The van der Waals surface area contributed by atoms with Gasteiger partial charge in [0.1, 0.15) is 0 Å². The van der Waals surface area contributed by atoms with E-state index in [1.54, 1.807) is 0 Å². The van der Waals surface area contributed by atoms with E-state index in [-0.39, 0.29) is 37.0 Å². The molecule has 15 atom stereocenters. The summed E-state index contributed by atoms with van der Waals surface area (Å²) < 4.78 is 32.1. The van der Waals surface area contributed by atoms with Gasteiger partial charge in [-0.3, -0.25) is 0 Å². The lowest BCUT2D eigenvalue weighted by Gasteiger charge is -2.47. The van der Waals surface area contributed by atoms with Crippen LogP contribution in [0.25, 0.3) is 0 Å². The van der Waals surface area contributed by atoms with Crippen molar-refractivity contribution in [3.05, 3.63) is 0 Å². The summed E-state index contributed by atoms with van der Waals surface area (Å²) in [4.78, 5) is 0. The van der Waals surface area contributed by atoms with Crippen molar-refractivity contribution in [3.8, 4) is 0 Å². The lowest BCUT2D eigenvalue weighted by Crippen LogP contribution is -2.51. The summed E-state index contributed by atoms with van der Waals surface area (Å²) in [6, 6.07) is 0. The van der Waals surface area contributed by atoms with Gasteiger partial charge in [-0.15, -0.1) is 0 Å². The van der Waals surface area contributed by atoms with Crippen molar-refractivity contribution in [2.24, 2.45) is 53.3 Å². The van der Waals surface area contributed by atoms with Gasteiger partial charge in [0, 0.05) is 11.8 Å². The molecule has 0 aliphatic carbocycles. The molecule has 0 bridgehead atoms. The molecule has 0 aromatic rings. The van der Waals surface area contributed by atoms with Gasteiger partial charge in [-0.2, -0.15) is 0 Å². The van der Waals surface area contributed by atoms with E-state index < -0.39 is 0 Å². The Balaban J connectivity index is 1.58. The van der Waals surface area contributed by atoms with Crippen molar-refractivity contribution < 1.29 is 23.7 Å². The molecule has 5 heteroatoms. The van der Waals surface area contributed by atoms with Gasteiger partial charge in [-0.1, -0.05) is 69.2 Å². The molecule has 3 fully saturated rings. The summed E-state index contributed by atoms with van der Waals surface area (Å²) in [5.74, 6) is 4.39. The highest BCUT2D eigenvalue weighted by atomic mass is 16.7. The van der Waals surface area contributed by atoms with Gasteiger partial charge in [0.2, 0.25) is 0 Å². The molecule has 3 heterocycles. The van der Waals surface area contributed by atoms with Gasteiger partial charge in [0.05, 0.1) is 37.6 Å². The third-order valence-electron chi connectivity index (χ3n) is 10.6. The number of ether oxygens (including phenoxy) is 5. The minimum absolute atomic E-state index is 0.00398. The van der Waals surface area contributed by atoms with Crippen molar-refractivity contribution in [2.45, 2.75) is 120 Å². The fourth-order valence-electron chi connectivity index (χ4n) is 6.35. The van der Waals surface area contributed by atoms with Gasteiger partial charge < -0.3 is 23.7 Å². The standard InChI is InChI=1S/C29H54O5/c1-12-25-19(6)16(3)22(9)28(33-25)31-14-27-21(8)17(4)23(10)29(34-27)30-13-26-20(7)15(2)18(5)24(11)32-26/h15-29H,12-14H2,1-11H3/t15-,16+,17+,18?,19+,20+,21+,22?,23?,24?,25?,26?,27?,28-,29-/m1/s1. The monoisotopic (exact) mass is 482 g/mol. The number of hydrogen-bond donors (Lipinski definition) is 0. The largest absolute Gasteiger partial charge is 0.372 e. The maximum absolute atomic E-state index is 6.55. The smallest absolute Gasteiger partial charge is 0.160 e. The van der Waals surface area contributed by atoms with E-state index in [1.165, 1.54) is 0 Å². The Morgan fingerprint density at radius 3 is 1.29 bits per heavy atom. The maximum atomic E-state index is 6.55. The molecule has 200 valence electrons. The molecule has 3 aliphatic heterocycles. The molecule has 0 amide bonds. The number of rotatable bonds is 7. The summed E-state index contributed by atoms with van der Waals surface area (Å²) >= 11 is 0. The molecule has 0 saturated carbocycles. The van der Waals surface area contributed by atoms with Crippen molar-refractivity contribution in [3.63, 3.8) is 0 Å². The zero-order chi connectivity index (χ0) is 25.3. The summed E-state index contributed by atoms with van der Waals surface area (Å²) in [6.45, 7) is 26.2. The van der Waals surface area contributed by atoms with Gasteiger partial charge in [0.25, 0.3) is 0 Å². The minimum atomic E-state index is -0.229. The number of hydrogen-bond acceptors (Lipinski definition) is 5. The lowest BCUT2D eigenvalue weighted by molar-refractivity contribution is -0.295. The van der Waals surface area contributed by atoms with E-state index in [4.69, 9.17) is 23.7 Å². The molecule has 0 spiro atoms. The minimum Gasteiger partial charge on any atom is -0.372 e. The Labute approximate surface area is 210 Å². The first-order valence-electron chi connectivity index (χ1n) is 14.2. The van der Waals surface area contributed by atoms with E-state index in [0.717, 1.165) is 6.42 Å². The molecule has 34 heavy (non-hydrogen) atoms. The van der Waals surface area contributed by atoms with E-state index >= 15 is 0 Å². The third-order valence-corrected chi connectivity index (χ3v) is 10.6. The van der Waals surface area contributed by atoms with Gasteiger partial charge in [-0.05, 0) is 54.8 Å². The highest BCUT2D eigenvalue weighted by molar-refractivity contribution is 4.87. The highest BCUT2D eigenvalue weighted by Gasteiger charge is 2.44. The van der Waals surface area contributed by atoms with Crippen LogP contribution < -0.4 is 0 Å². The Bertz CT molecular complexity index is 626. The molecule has 5 nitrogen and oxygen atoms in total. The second-order valence-corrected chi connectivity index (χ2v) is 12.3. The van der Waals surface area contributed by atoms with Crippen molar-refractivity contribution in [1.29, 1.82) is 0 Å². The van der Waals surface area contributed by atoms with Crippen molar-refractivity contribution in [2.75, 3.05) is 13.2 Å². The van der Waals surface area contributed by atoms with Crippen LogP contribution in [-0.4, -0.2) is 50.2 Å².